The molecule has 3 rings (SSSR count). The first-order chi connectivity index (χ1) is 10.5. The van der Waals surface area contributed by atoms with E-state index in [0.717, 1.165) is 12.1 Å². The van der Waals surface area contributed by atoms with Crippen molar-refractivity contribution in [2.75, 3.05) is 16.2 Å². The molecule has 2 aromatic rings. The highest BCUT2D eigenvalue weighted by Crippen LogP contribution is 2.25. The number of aromatic nitrogens is 1. The molecule has 1 N–H and O–H groups in total. The van der Waals surface area contributed by atoms with Gasteiger partial charge in [-0.3, -0.25) is 9.52 Å². The third-order valence-electron chi connectivity index (χ3n) is 3.53. The number of benzene rings is 1. The molecule has 8 heteroatoms. The lowest BCUT2D eigenvalue weighted by Gasteiger charge is -2.16. The molecule has 1 aliphatic heterocycles. The first-order valence-corrected chi connectivity index (χ1v) is 9.13. The molecule has 0 saturated carbocycles. The molecule has 2 heterocycles. The van der Waals surface area contributed by atoms with Crippen molar-refractivity contribution in [2.45, 2.75) is 24.7 Å². The van der Waals surface area contributed by atoms with Gasteiger partial charge >= 0.3 is 0 Å². The Bertz CT molecular complexity index is 797. The van der Waals surface area contributed by atoms with Crippen LogP contribution < -0.4 is 9.62 Å². The van der Waals surface area contributed by atoms with Crippen LogP contribution >= 0.6 is 11.5 Å². The van der Waals surface area contributed by atoms with E-state index in [-0.39, 0.29) is 10.8 Å². The Morgan fingerprint density at radius 2 is 2.00 bits per heavy atom. The summed E-state index contributed by atoms with van der Waals surface area (Å²) >= 11 is 1.20. The molecular weight excluding hydrogens is 322 g/mol. The summed E-state index contributed by atoms with van der Waals surface area (Å²) in [6, 6.07) is 6.35. The zero-order chi connectivity index (χ0) is 15.7. The minimum Gasteiger partial charge on any atom is -0.312 e. The third-order valence-corrected chi connectivity index (χ3v) is 5.63. The van der Waals surface area contributed by atoms with E-state index in [0.29, 0.717) is 24.3 Å². The van der Waals surface area contributed by atoms with Gasteiger partial charge in [0.2, 0.25) is 5.91 Å². The number of sulfonamides is 1. The number of anilines is 2. The number of aryl methyl sites for hydroxylation is 1. The van der Waals surface area contributed by atoms with E-state index in [2.05, 4.69) is 9.10 Å². The van der Waals surface area contributed by atoms with Crippen molar-refractivity contribution in [1.29, 1.82) is 0 Å². The highest BCUT2D eigenvalue weighted by Gasteiger charge is 2.22. The molecule has 1 aliphatic rings. The van der Waals surface area contributed by atoms with Crippen molar-refractivity contribution in [3.8, 4) is 0 Å². The van der Waals surface area contributed by atoms with Gasteiger partial charge in [0.25, 0.3) is 10.0 Å². The van der Waals surface area contributed by atoms with Crippen LogP contribution in [0.5, 0.6) is 0 Å². The molecule has 1 amide bonds. The summed E-state index contributed by atoms with van der Waals surface area (Å²) in [5, 5.41) is 1.66. The van der Waals surface area contributed by atoms with Gasteiger partial charge in [0.1, 0.15) is 0 Å². The summed E-state index contributed by atoms with van der Waals surface area (Å²) in [6.07, 6.45) is 1.39. The van der Waals surface area contributed by atoms with E-state index >= 15 is 0 Å². The second-order valence-corrected chi connectivity index (χ2v) is 7.37. The maximum absolute atomic E-state index is 12.3. The first-order valence-electron chi connectivity index (χ1n) is 6.81. The van der Waals surface area contributed by atoms with E-state index in [9.17, 15) is 13.2 Å². The summed E-state index contributed by atoms with van der Waals surface area (Å²) in [5.41, 5.74) is 1.87. The molecule has 0 spiro atoms. The van der Waals surface area contributed by atoms with Crippen LogP contribution in [0.3, 0.4) is 0 Å². The molecule has 1 saturated heterocycles. The Labute approximate surface area is 133 Å². The van der Waals surface area contributed by atoms with Crippen molar-refractivity contribution in [2.24, 2.45) is 0 Å². The topological polar surface area (TPSA) is 79.4 Å². The molecular formula is C14H15N3O3S2. The zero-order valence-corrected chi connectivity index (χ0v) is 13.6. The molecule has 22 heavy (non-hydrogen) atoms. The predicted molar refractivity (Wildman–Crippen MR) is 85.7 cm³/mol. The van der Waals surface area contributed by atoms with Gasteiger partial charge in [-0.25, -0.2) is 8.42 Å². The summed E-state index contributed by atoms with van der Waals surface area (Å²) in [4.78, 5) is 13.5. The minimum atomic E-state index is -3.65. The third kappa shape index (κ3) is 2.84. The SMILES string of the molecule is Cc1nscc1NS(=O)(=O)c1ccc(N2CCCC2=O)cc1. The van der Waals surface area contributed by atoms with E-state index in [1.54, 1.807) is 29.3 Å². The summed E-state index contributed by atoms with van der Waals surface area (Å²) in [6.45, 7) is 2.43. The van der Waals surface area contributed by atoms with Crippen molar-refractivity contribution >= 4 is 38.8 Å². The molecule has 1 aromatic carbocycles. The van der Waals surface area contributed by atoms with E-state index in [4.69, 9.17) is 0 Å². The van der Waals surface area contributed by atoms with Gasteiger partial charge in [0.05, 0.1) is 16.3 Å². The zero-order valence-electron chi connectivity index (χ0n) is 11.9. The number of nitrogens with one attached hydrogen (secondary N) is 1. The lowest BCUT2D eigenvalue weighted by atomic mass is 10.3. The fraction of sp³-hybridized carbons (Fsp3) is 0.286. The molecule has 1 fully saturated rings. The van der Waals surface area contributed by atoms with Gasteiger partial charge < -0.3 is 4.90 Å². The minimum absolute atomic E-state index is 0.0775. The van der Waals surface area contributed by atoms with E-state index in [1.165, 1.54) is 23.7 Å². The first kappa shape index (κ1) is 15.0. The van der Waals surface area contributed by atoms with Crippen LogP contribution in [0, 0.1) is 6.92 Å². The fourth-order valence-corrected chi connectivity index (χ4v) is 4.15. The van der Waals surface area contributed by atoms with Gasteiger partial charge in [0.15, 0.2) is 0 Å². The molecule has 0 bridgehead atoms. The number of hydrogen-bond acceptors (Lipinski definition) is 5. The van der Waals surface area contributed by atoms with Gasteiger partial charge in [-0.15, -0.1) is 0 Å². The summed E-state index contributed by atoms with van der Waals surface area (Å²) in [7, 11) is -3.65. The smallest absolute Gasteiger partial charge is 0.261 e. The van der Waals surface area contributed by atoms with E-state index in [1.807, 2.05) is 0 Å². The van der Waals surface area contributed by atoms with Crippen LogP contribution in [-0.2, 0) is 14.8 Å². The maximum atomic E-state index is 12.3. The standard InChI is InChI=1S/C14H15N3O3S2/c1-10-13(9-21-15-10)16-22(19,20)12-6-4-11(5-7-12)17-8-2-3-14(17)18/h4-7,9,16H,2-3,8H2,1H3. The number of rotatable bonds is 4. The van der Waals surface area contributed by atoms with Crippen LogP contribution in [0.15, 0.2) is 34.5 Å². The number of hydrogen-bond donors (Lipinski definition) is 1. The number of carbonyl (C=O) groups is 1. The molecule has 0 unspecified atom stereocenters. The molecule has 0 radical (unpaired) electrons. The highest BCUT2D eigenvalue weighted by molar-refractivity contribution is 7.92. The Hall–Kier alpha value is -1.93. The monoisotopic (exact) mass is 337 g/mol. The van der Waals surface area contributed by atoms with Crippen LogP contribution in [0.1, 0.15) is 18.5 Å². The van der Waals surface area contributed by atoms with Crippen molar-refractivity contribution < 1.29 is 13.2 Å². The Kier molecular flexibility index (Phi) is 3.88. The molecule has 1 aromatic heterocycles. The normalized spacial score (nSPS) is 15.3. The fourth-order valence-electron chi connectivity index (χ4n) is 2.32. The van der Waals surface area contributed by atoms with Crippen molar-refractivity contribution in [1.82, 2.24) is 4.37 Å². The molecule has 6 nitrogen and oxygen atoms in total. The van der Waals surface area contributed by atoms with Gasteiger partial charge in [-0.05, 0) is 49.1 Å². The number of amides is 1. The van der Waals surface area contributed by atoms with Crippen molar-refractivity contribution in [3.63, 3.8) is 0 Å². The lowest BCUT2D eigenvalue weighted by Crippen LogP contribution is -2.23. The number of carbonyl (C=O) groups excluding carboxylic acids is 1. The van der Waals surface area contributed by atoms with Gasteiger partial charge in [-0.2, -0.15) is 4.37 Å². The summed E-state index contributed by atoms with van der Waals surface area (Å²) in [5.74, 6) is 0.0775. The predicted octanol–water partition coefficient (Wildman–Crippen LogP) is 2.38. The van der Waals surface area contributed by atoms with E-state index < -0.39 is 10.0 Å². The lowest BCUT2D eigenvalue weighted by molar-refractivity contribution is -0.117. The second kappa shape index (κ2) is 5.69. The summed E-state index contributed by atoms with van der Waals surface area (Å²) < 4.78 is 31.2. The van der Waals surface area contributed by atoms with Crippen molar-refractivity contribution in [3.05, 3.63) is 35.3 Å². The van der Waals surface area contributed by atoms with Crippen LogP contribution in [0.4, 0.5) is 11.4 Å². The largest absolute Gasteiger partial charge is 0.312 e. The number of nitrogens with zero attached hydrogens (tertiary/aromatic N) is 2. The van der Waals surface area contributed by atoms with Gasteiger partial charge in [-0.1, -0.05) is 0 Å². The quantitative estimate of drug-likeness (QED) is 0.929. The van der Waals surface area contributed by atoms with Crippen LogP contribution in [0.25, 0.3) is 0 Å². The second-order valence-electron chi connectivity index (χ2n) is 5.06. The molecule has 0 aliphatic carbocycles. The van der Waals surface area contributed by atoms with Crippen LogP contribution in [0.2, 0.25) is 0 Å². The Morgan fingerprint density at radius 3 is 2.55 bits per heavy atom. The average molecular weight is 337 g/mol. The van der Waals surface area contributed by atoms with Crippen LogP contribution in [-0.4, -0.2) is 25.2 Å². The Morgan fingerprint density at radius 1 is 1.27 bits per heavy atom. The van der Waals surface area contributed by atoms with Gasteiger partial charge in [0, 0.05) is 24.0 Å². The molecule has 0 atom stereocenters. The Balaban J connectivity index is 1.83. The highest BCUT2D eigenvalue weighted by atomic mass is 32.2. The average Bonchev–Trinajstić information content (AvgIpc) is 3.08. The molecule has 116 valence electrons. The maximum Gasteiger partial charge on any atom is 0.261 e.